The van der Waals surface area contributed by atoms with Crippen LogP contribution in [0.25, 0.3) is 0 Å². The Morgan fingerprint density at radius 3 is 1.92 bits per heavy atom. The average Bonchev–Trinajstić information content (AvgIpc) is 2.53. The average molecular weight is 204 g/mol. The van der Waals surface area contributed by atoms with Gasteiger partial charge in [0.2, 0.25) is 0 Å². The van der Waals surface area contributed by atoms with Crippen molar-refractivity contribution in [1.82, 2.24) is 4.31 Å². The molecule has 0 saturated carbocycles. The molecule has 0 atom stereocenters. The molecule has 0 amide bonds. The second-order valence-electron chi connectivity index (χ2n) is 3.95. The first-order valence-electron chi connectivity index (χ1n) is 5.54. The zero-order chi connectivity index (χ0) is 9.73. The summed E-state index contributed by atoms with van der Waals surface area (Å²) < 4.78 is 2.58. The van der Waals surface area contributed by atoms with Crippen LogP contribution >= 0.6 is 10.4 Å². The van der Waals surface area contributed by atoms with Gasteiger partial charge in [-0.05, 0) is 25.7 Å². The van der Waals surface area contributed by atoms with Crippen molar-refractivity contribution in [3.8, 4) is 0 Å². The summed E-state index contributed by atoms with van der Waals surface area (Å²) in [5.41, 5.74) is 0. The topological polar surface area (TPSA) is 29.3 Å². The van der Waals surface area contributed by atoms with Gasteiger partial charge in [0, 0.05) is 24.6 Å². The Kier molecular flexibility index (Phi) is 4.56. The molecule has 1 aliphatic heterocycles. The largest absolute Gasteiger partial charge is 0.283 e. The zero-order valence-electron chi connectivity index (χ0n) is 9.09. The fourth-order valence-electron chi connectivity index (χ4n) is 2.04. The standard InChI is InChI=1S/C10H24N2S/c1-3-7-12(8-4-2)13(11)9-5-6-10-13/h3-11H2,1-2H3. The lowest BCUT2D eigenvalue weighted by Crippen LogP contribution is -2.35. The minimum atomic E-state index is -0.836. The SMILES string of the molecule is CCCN(CCC)S1(N)CCCC1. The summed E-state index contributed by atoms with van der Waals surface area (Å²) in [6.45, 7) is 6.92. The van der Waals surface area contributed by atoms with Crippen LogP contribution in [0.3, 0.4) is 0 Å². The van der Waals surface area contributed by atoms with Crippen molar-refractivity contribution in [1.29, 1.82) is 0 Å². The van der Waals surface area contributed by atoms with Crippen molar-refractivity contribution < 1.29 is 0 Å². The van der Waals surface area contributed by atoms with Crippen molar-refractivity contribution in [3.05, 3.63) is 0 Å². The number of rotatable bonds is 5. The highest BCUT2D eigenvalue weighted by molar-refractivity contribution is 8.30. The molecule has 0 aromatic carbocycles. The molecule has 0 aliphatic carbocycles. The van der Waals surface area contributed by atoms with Crippen molar-refractivity contribution in [2.24, 2.45) is 5.14 Å². The molecule has 1 aliphatic rings. The summed E-state index contributed by atoms with van der Waals surface area (Å²) in [7, 11) is -0.836. The van der Waals surface area contributed by atoms with Crippen LogP contribution in [-0.2, 0) is 0 Å². The van der Waals surface area contributed by atoms with Gasteiger partial charge in [-0.25, -0.2) is 0 Å². The van der Waals surface area contributed by atoms with Crippen LogP contribution in [0.15, 0.2) is 0 Å². The lowest BCUT2D eigenvalue weighted by Gasteiger charge is -2.42. The Bertz CT molecular complexity index is 138. The van der Waals surface area contributed by atoms with E-state index in [-0.39, 0.29) is 0 Å². The molecule has 1 fully saturated rings. The van der Waals surface area contributed by atoms with Gasteiger partial charge in [-0.1, -0.05) is 13.8 Å². The molecule has 0 spiro atoms. The smallest absolute Gasteiger partial charge is 0.00827 e. The Balaban J connectivity index is 2.50. The highest BCUT2D eigenvalue weighted by atomic mass is 32.3. The lowest BCUT2D eigenvalue weighted by atomic mass is 10.4. The summed E-state index contributed by atoms with van der Waals surface area (Å²) in [6, 6.07) is 0. The van der Waals surface area contributed by atoms with E-state index >= 15 is 0 Å². The van der Waals surface area contributed by atoms with E-state index in [1.54, 1.807) is 0 Å². The van der Waals surface area contributed by atoms with Gasteiger partial charge in [-0.3, -0.25) is 9.44 Å². The molecule has 0 aromatic rings. The molecule has 0 bridgehead atoms. The normalized spacial score (nSPS) is 23.7. The highest BCUT2D eigenvalue weighted by Gasteiger charge is 2.29. The van der Waals surface area contributed by atoms with Gasteiger partial charge >= 0.3 is 0 Å². The molecular weight excluding hydrogens is 180 g/mol. The van der Waals surface area contributed by atoms with Crippen LogP contribution < -0.4 is 5.14 Å². The van der Waals surface area contributed by atoms with Crippen LogP contribution in [0, 0.1) is 0 Å². The summed E-state index contributed by atoms with van der Waals surface area (Å²) in [4.78, 5) is 0. The minimum absolute atomic E-state index is 0.836. The molecule has 1 heterocycles. The van der Waals surface area contributed by atoms with Crippen LogP contribution in [0.1, 0.15) is 39.5 Å². The molecule has 0 radical (unpaired) electrons. The van der Waals surface area contributed by atoms with Gasteiger partial charge in [-0.15, -0.1) is 10.4 Å². The van der Waals surface area contributed by atoms with Crippen molar-refractivity contribution in [2.45, 2.75) is 39.5 Å². The molecule has 1 rings (SSSR count). The lowest BCUT2D eigenvalue weighted by molar-refractivity contribution is 0.455. The number of hydrogen-bond donors (Lipinski definition) is 1. The molecule has 80 valence electrons. The maximum atomic E-state index is 6.48. The van der Waals surface area contributed by atoms with E-state index in [1.165, 1.54) is 50.3 Å². The van der Waals surface area contributed by atoms with Gasteiger partial charge in [0.1, 0.15) is 0 Å². The first-order chi connectivity index (χ1) is 6.23. The predicted molar refractivity (Wildman–Crippen MR) is 62.9 cm³/mol. The molecule has 13 heavy (non-hydrogen) atoms. The summed E-state index contributed by atoms with van der Waals surface area (Å²) in [5, 5.41) is 6.48. The minimum Gasteiger partial charge on any atom is -0.283 e. The highest BCUT2D eigenvalue weighted by Crippen LogP contribution is 2.49. The van der Waals surface area contributed by atoms with Gasteiger partial charge in [-0.2, -0.15) is 0 Å². The van der Waals surface area contributed by atoms with Gasteiger partial charge < -0.3 is 0 Å². The van der Waals surface area contributed by atoms with Crippen LogP contribution in [-0.4, -0.2) is 28.9 Å². The second kappa shape index (κ2) is 5.23. The predicted octanol–water partition coefficient (Wildman–Crippen LogP) is 2.50. The van der Waals surface area contributed by atoms with E-state index in [0.717, 1.165) is 0 Å². The molecule has 0 aromatic heterocycles. The number of nitrogens with two attached hydrogens (primary N) is 1. The Morgan fingerprint density at radius 1 is 1.08 bits per heavy atom. The molecule has 3 heteroatoms. The number of hydrogen-bond acceptors (Lipinski definition) is 2. The first kappa shape index (κ1) is 11.3. The molecule has 0 unspecified atom stereocenters. The summed E-state index contributed by atoms with van der Waals surface area (Å²) >= 11 is 0. The van der Waals surface area contributed by atoms with E-state index in [1.807, 2.05) is 0 Å². The van der Waals surface area contributed by atoms with Crippen LogP contribution in [0.2, 0.25) is 0 Å². The van der Waals surface area contributed by atoms with Crippen LogP contribution in [0.4, 0.5) is 0 Å². The molecule has 1 saturated heterocycles. The first-order valence-corrected chi connectivity index (χ1v) is 7.53. The number of nitrogens with zero attached hydrogens (tertiary/aromatic N) is 1. The third-order valence-electron chi connectivity index (χ3n) is 2.71. The van der Waals surface area contributed by atoms with Crippen molar-refractivity contribution in [3.63, 3.8) is 0 Å². The quantitative estimate of drug-likeness (QED) is 0.745. The molecular formula is C10H24N2S. The summed E-state index contributed by atoms with van der Waals surface area (Å²) in [6.07, 6.45) is 5.20. The van der Waals surface area contributed by atoms with E-state index in [2.05, 4.69) is 18.2 Å². The van der Waals surface area contributed by atoms with E-state index in [0.29, 0.717) is 0 Å². The maximum absolute atomic E-state index is 6.48. The van der Waals surface area contributed by atoms with E-state index < -0.39 is 10.4 Å². The van der Waals surface area contributed by atoms with Gasteiger partial charge in [0.05, 0.1) is 0 Å². The molecule has 2 N–H and O–H groups in total. The fraction of sp³-hybridized carbons (Fsp3) is 1.00. The maximum Gasteiger partial charge on any atom is 0.00827 e. The van der Waals surface area contributed by atoms with E-state index in [9.17, 15) is 0 Å². The fourth-order valence-corrected chi connectivity index (χ4v) is 5.26. The zero-order valence-corrected chi connectivity index (χ0v) is 9.91. The molecule has 2 nitrogen and oxygen atoms in total. The van der Waals surface area contributed by atoms with E-state index in [4.69, 9.17) is 5.14 Å². The van der Waals surface area contributed by atoms with Crippen molar-refractivity contribution in [2.75, 3.05) is 24.6 Å². The van der Waals surface area contributed by atoms with Crippen molar-refractivity contribution >= 4 is 10.4 Å². The third-order valence-corrected chi connectivity index (χ3v) is 6.09. The van der Waals surface area contributed by atoms with Gasteiger partial charge in [0.15, 0.2) is 0 Å². The van der Waals surface area contributed by atoms with Gasteiger partial charge in [0.25, 0.3) is 0 Å². The second-order valence-corrected chi connectivity index (χ2v) is 7.08. The Morgan fingerprint density at radius 2 is 1.54 bits per heavy atom. The third kappa shape index (κ3) is 2.86. The monoisotopic (exact) mass is 204 g/mol. The Labute approximate surface area is 84.4 Å². The summed E-state index contributed by atoms with van der Waals surface area (Å²) in [5.74, 6) is 2.57. The van der Waals surface area contributed by atoms with Crippen LogP contribution in [0.5, 0.6) is 0 Å². The Hall–Kier alpha value is 0.270.